The summed E-state index contributed by atoms with van der Waals surface area (Å²) in [6, 6.07) is 0. The van der Waals surface area contributed by atoms with Crippen molar-refractivity contribution in [3.63, 3.8) is 0 Å². The number of hydrogen-bond acceptors (Lipinski definition) is 3. The van der Waals surface area contributed by atoms with Crippen LogP contribution in [0.1, 0.15) is 33.6 Å². The topological polar surface area (TPSA) is 63.6 Å². The molecule has 0 aliphatic carbocycles. The van der Waals surface area contributed by atoms with Crippen LogP contribution in [0.2, 0.25) is 0 Å². The molecular formula is C10H18O4. The Morgan fingerprint density at radius 2 is 1.64 bits per heavy atom. The molecule has 0 heterocycles. The van der Waals surface area contributed by atoms with Crippen LogP contribution in [0.4, 0.5) is 0 Å². The first-order chi connectivity index (χ1) is 6.58. The quantitative estimate of drug-likeness (QED) is 0.666. The molecule has 0 aliphatic heterocycles. The van der Waals surface area contributed by atoms with Crippen molar-refractivity contribution in [1.82, 2.24) is 0 Å². The third-order valence-corrected chi connectivity index (χ3v) is 2.27. The molecule has 2 atom stereocenters. The van der Waals surface area contributed by atoms with Gasteiger partial charge in [0.2, 0.25) is 0 Å². The van der Waals surface area contributed by atoms with E-state index in [9.17, 15) is 9.59 Å². The second-order valence-corrected chi connectivity index (χ2v) is 3.12. The fourth-order valence-corrected chi connectivity index (χ4v) is 1.50. The van der Waals surface area contributed by atoms with Gasteiger partial charge >= 0.3 is 11.9 Å². The summed E-state index contributed by atoms with van der Waals surface area (Å²) in [5.74, 6) is -2.46. The highest BCUT2D eigenvalue weighted by Gasteiger charge is 2.31. The number of carbonyl (C=O) groups excluding carboxylic acids is 1. The summed E-state index contributed by atoms with van der Waals surface area (Å²) in [5, 5.41) is 8.88. The molecule has 4 heteroatoms. The van der Waals surface area contributed by atoms with E-state index in [-0.39, 0.29) is 0 Å². The fourth-order valence-electron chi connectivity index (χ4n) is 1.50. The third-order valence-electron chi connectivity index (χ3n) is 2.27. The molecule has 82 valence electrons. The number of esters is 1. The van der Waals surface area contributed by atoms with Crippen LogP contribution in [0.5, 0.6) is 0 Å². The van der Waals surface area contributed by atoms with Gasteiger partial charge in [0.05, 0.1) is 18.4 Å². The average Bonchev–Trinajstić information content (AvgIpc) is 2.13. The summed E-state index contributed by atoms with van der Waals surface area (Å²) in [6.07, 6.45) is 0.955. The van der Waals surface area contributed by atoms with Gasteiger partial charge in [-0.05, 0) is 19.8 Å². The van der Waals surface area contributed by atoms with Gasteiger partial charge in [0.1, 0.15) is 0 Å². The summed E-state index contributed by atoms with van der Waals surface area (Å²) in [6.45, 7) is 5.57. The minimum Gasteiger partial charge on any atom is -0.481 e. The highest BCUT2D eigenvalue weighted by Crippen LogP contribution is 2.21. The molecule has 0 unspecified atom stereocenters. The molecule has 0 saturated heterocycles. The van der Waals surface area contributed by atoms with Gasteiger partial charge in [-0.1, -0.05) is 13.8 Å². The van der Waals surface area contributed by atoms with E-state index in [1.165, 1.54) is 0 Å². The van der Waals surface area contributed by atoms with E-state index in [0.717, 1.165) is 0 Å². The molecule has 0 aliphatic rings. The van der Waals surface area contributed by atoms with Crippen molar-refractivity contribution in [3.05, 3.63) is 0 Å². The SMILES string of the molecule is CCOC(=O)[C@H](CC)[C@@H](CC)C(=O)O. The van der Waals surface area contributed by atoms with Gasteiger partial charge in [0, 0.05) is 0 Å². The second-order valence-electron chi connectivity index (χ2n) is 3.12. The maximum Gasteiger partial charge on any atom is 0.309 e. The van der Waals surface area contributed by atoms with E-state index in [0.29, 0.717) is 19.4 Å². The normalized spacial score (nSPS) is 14.5. The maximum absolute atomic E-state index is 11.4. The Labute approximate surface area is 84.3 Å². The van der Waals surface area contributed by atoms with Crippen molar-refractivity contribution in [2.75, 3.05) is 6.61 Å². The molecule has 0 fully saturated rings. The van der Waals surface area contributed by atoms with Crippen LogP contribution in [0, 0.1) is 11.8 Å². The van der Waals surface area contributed by atoms with Crippen LogP contribution in [0.25, 0.3) is 0 Å². The number of rotatable bonds is 6. The molecule has 0 spiro atoms. The molecule has 0 aromatic rings. The standard InChI is InChI=1S/C10H18O4/c1-4-7(9(11)12)8(5-2)10(13)14-6-3/h7-8H,4-6H2,1-3H3,(H,11,12)/t7-,8-/m1/s1. The van der Waals surface area contributed by atoms with Crippen molar-refractivity contribution in [2.24, 2.45) is 11.8 Å². The van der Waals surface area contributed by atoms with Crippen molar-refractivity contribution < 1.29 is 19.4 Å². The van der Waals surface area contributed by atoms with Gasteiger partial charge in [-0.2, -0.15) is 0 Å². The van der Waals surface area contributed by atoms with Gasteiger partial charge in [-0.25, -0.2) is 0 Å². The average molecular weight is 202 g/mol. The summed E-state index contributed by atoms with van der Waals surface area (Å²) in [5.41, 5.74) is 0. The van der Waals surface area contributed by atoms with E-state index >= 15 is 0 Å². The number of carboxylic acids is 1. The van der Waals surface area contributed by atoms with Crippen molar-refractivity contribution in [3.8, 4) is 0 Å². The summed E-state index contributed by atoms with van der Waals surface area (Å²) in [4.78, 5) is 22.2. The fraction of sp³-hybridized carbons (Fsp3) is 0.800. The Morgan fingerprint density at radius 3 is 1.93 bits per heavy atom. The molecule has 0 aromatic heterocycles. The van der Waals surface area contributed by atoms with Gasteiger partial charge in [-0.15, -0.1) is 0 Å². The predicted octanol–water partition coefficient (Wildman–Crippen LogP) is 1.69. The summed E-state index contributed by atoms with van der Waals surface area (Å²) >= 11 is 0. The van der Waals surface area contributed by atoms with Gasteiger partial charge in [0.25, 0.3) is 0 Å². The van der Waals surface area contributed by atoms with Crippen molar-refractivity contribution >= 4 is 11.9 Å². The van der Waals surface area contributed by atoms with E-state index in [1.54, 1.807) is 20.8 Å². The lowest BCUT2D eigenvalue weighted by Gasteiger charge is -2.19. The molecule has 1 N–H and O–H groups in total. The number of aliphatic carboxylic acids is 1. The predicted molar refractivity (Wildman–Crippen MR) is 51.8 cm³/mol. The lowest BCUT2D eigenvalue weighted by Crippen LogP contribution is -2.30. The highest BCUT2D eigenvalue weighted by atomic mass is 16.5. The maximum atomic E-state index is 11.4. The lowest BCUT2D eigenvalue weighted by molar-refractivity contribution is -0.157. The Bertz CT molecular complexity index is 200. The zero-order valence-electron chi connectivity index (χ0n) is 8.95. The molecule has 0 saturated carbocycles. The Morgan fingerprint density at radius 1 is 1.14 bits per heavy atom. The first-order valence-electron chi connectivity index (χ1n) is 4.97. The third kappa shape index (κ3) is 3.36. The van der Waals surface area contributed by atoms with E-state index in [2.05, 4.69) is 0 Å². The van der Waals surface area contributed by atoms with Gasteiger partial charge in [-0.3, -0.25) is 9.59 Å². The largest absolute Gasteiger partial charge is 0.481 e. The Balaban J connectivity index is 4.50. The molecule has 0 aromatic carbocycles. The lowest BCUT2D eigenvalue weighted by atomic mass is 9.88. The van der Waals surface area contributed by atoms with Gasteiger partial charge in [0.15, 0.2) is 0 Å². The Kier molecular flexibility index (Phi) is 5.92. The molecule has 14 heavy (non-hydrogen) atoms. The van der Waals surface area contributed by atoms with Crippen LogP contribution < -0.4 is 0 Å². The summed E-state index contributed by atoms with van der Waals surface area (Å²) in [7, 11) is 0. The number of carbonyl (C=O) groups is 2. The first kappa shape index (κ1) is 12.9. The number of hydrogen-bond donors (Lipinski definition) is 1. The van der Waals surface area contributed by atoms with Crippen LogP contribution in [-0.2, 0) is 14.3 Å². The molecule has 0 radical (unpaired) electrons. The highest BCUT2D eigenvalue weighted by molar-refractivity contribution is 5.81. The summed E-state index contributed by atoms with van der Waals surface area (Å²) < 4.78 is 4.83. The van der Waals surface area contributed by atoms with E-state index in [1.807, 2.05) is 0 Å². The zero-order chi connectivity index (χ0) is 11.1. The Hall–Kier alpha value is -1.06. The smallest absolute Gasteiger partial charge is 0.309 e. The minimum absolute atomic E-state index is 0.297. The monoisotopic (exact) mass is 202 g/mol. The zero-order valence-corrected chi connectivity index (χ0v) is 8.95. The molecule has 0 rings (SSSR count). The first-order valence-corrected chi connectivity index (χ1v) is 4.97. The van der Waals surface area contributed by atoms with E-state index in [4.69, 9.17) is 9.84 Å². The number of ether oxygens (including phenoxy) is 1. The molecule has 0 amide bonds. The molecule has 0 bridgehead atoms. The van der Waals surface area contributed by atoms with Gasteiger partial charge < -0.3 is 9.84 Å². The molecule has 4 nitrogen and oxygen atoms in total. The van der Waals surface area contributed by atoms with Crippen LogP contribution >= 0.6 is 0 Å². The van der Waals surface area contributed by atoms with Crippen LogP contribution in [-0.4, -0.2) is 23.7 Å². The van der Waals surface area contributed by atoms with Crippen molar-refractivity contribution in [1.29, 1.82) is 0 Å². The molecular weight excluding hydrogens is 184 g/mol. The minimum atomic E-state index is -0.924. The second kappa shape index (κ2) is 6.40. The van der Waals surface area contributed by atoms with Crippen LogP contribution in [0.15, 0.2) is 0 Å². The van der Waals surface area contributed by atoms with Crippen molar-refractivity contribution in [2.45, 2.75) is 33.6 Å². The van der Waals surface area contributed by atoms with E-state index < -0.39 is 23.8 Å². The van der Waals surface area contributed by atoms with Crippen LogP contribution in [0.3, 0.4) is 0 Å². The number of carboxylic acid groups (broad SMARTS) is 1.